The van der Waals surface area contributed by atoms with Crippen molar-refractivity contribution in [1.82, 2.24) is 0 Å². The van der Waals surface area contributed by atoms with Crippen molar-refractivity contribution >= 4 is 12.2 Å². The monoisotopic (exact) mass is 223 g/mol. The zero-order valence-electron chi connectivity index (χ0n) is 8.92. The SMILES string of the molecule is COc1ccccc1/C=N/OCCC(=O)O. The van der Waals surface area contributed by atoms with Gasteiger partial charge in [0.15, 0.2) is 0 Å². The van der Waals surface area contributed by atoms with Gasteiger partial charge in [-0.05, 0) is 12.1 Å². The summed E-state index contributed by atoms with van der Waals surface area (Å²) in [6, 6.07) is 7.32. The van der Waals surface area contributed by atoms with E-state index in [9.17, 15) is 4.79 Å². The summed E-state index contributed by atoms with van der Waals surface area (Å²) in [6.45, 7) is 0.0565. The fourth-order valence-electron chi connectivity index (χ4n) is 1.05. The van der Waals surface area contributed by atoms with E-state index in [1.165, 1.54) is 6.21 Å². The first-order valence-corrected chi connectivity index (χ1v) is 4.74. The molecule has 0 unspecified atom stereocenters. The highest BCUT2D eigenvalue weighted by atomic mass is 16.6. The number of oxime groups is 1. The number of carboxylic acid groups (broad SMARTS) is 1. The Bertz CT molecular complexity index is 376. The van der Waals surface area contributed by atoms with Crippen molar-refractivity contribution in [1.29, 1.82) is 0 Å². The molecule has 0 heterocycles. The molecule has 1 aromatic carbocycles. The number of methoxy groups -OCH3 is 1. The lowest BCUT2D eigenvalue weighted by Crippen LogP contribution is -1.99. The maximum absolute atomic E-state index is 10.2. The first-order chi connectivity index (χ1) is 7.74. The molecule has 1 N–H and O–H groups in total. The first kappa shape index (κ1) is 12.0. The summed E-state index contributed by atoms with van der Waals surface area (Å²) >= 11 is 0. The third-order valence-corrected chi connectivity index (χ3v) is 1.81. The van der Waals surface area contributed by atoms with Crippen molar-refractivity contribution in [3.63, 3.8) is 0 Å². The van der Waals surface area contributed by atoms with E-state index in [0.29, 0.717) is 5.75 Å². The average molecular weight is 223 g/mol. The number of hydrogen-bond donors (Lipinski definition) is 1. The van der Waals surface area contributed by atoms with E-state index in [1.54, 1.807) is 13.2 Å². The molecule has 0 amide bonds. The standard InChI is InChI=1S/C11H13NO4/c1-15-10-5-3-2-4-9(10)8-12-16-7-6-11(13)14/h2-5,8H,6-7H2,1H3,(H,13,14)/b12-8+. The summed E-state index contributed by atoms with van der Waals surface area (Å²) in [7, 11) is 1.57. The zero-order valence-corrected chi connectivity index (χ0v) is 8.92. The van der Waals surface area contributed by atoms with E-state index >= 15 is 0 Å². The van der Waals surface area contributed by atoms with Gasteiger partial charge in [0, 0.05) is 5.56 Å². The second kappa shape index (κ2) is 6.44. The van der Waals surface area contributed by atoms with Crippen molar-refractivity contribution in [2.45, 2.75) is 6.42 Å². The molecule has 0 saturated carbocycles. The van der Waals surface area contributed by atoms with E-state index in [1.807, 2.05) is 18.2 Å². The van der Waals surface area contributed by atoms with Crippen molar-refractivity contribution in [3.05, 3.63) is 29.8 Å². The van der Waals surface area contributed by atoms with Gasteiger partial charge in [0.05, 0.1) is 19.7 Å². The molecule has 0 aliphatic carbocycles. The molecule has 0 spiro atoms. The Labute approximate surface area is 93.3 Å². The van der Waals surface area contributed by atoms with Gasteiger partial charge >= 0.3 is 5.97 Å². The minimum atomic E-state index is -0.910. The number of aliphatic carboxylic acids is 1. The molecule has 0 fully saturated rings. The van der Waals surface area contributed by atoms with E-state index in [0.717, 1.165) is 5.56 Å². The van der Waals surface area contributed by atoms with Crippen LogP contribution < -0.4 is 4.74 Å². The maximum Gasteiger partial charge on any atom is 0.306 e. The summed E-state index contributed by atoms with van der Waals surface area (Å²) in [5.41, 5.74) is 0.778. The van der Waals surface area contributed by atoms with Crippen LogP contribution in [0.25, 0.3) is 0 Å². The molecule has 0 saturated heterocycles. The highest BCUT2D eigenvalue weighted by Gasteiger charge is 1.98. The van der Waals surface area contributed by atoms with Crippen LogP contribution in [0.4, 0.5) is 0 Å². The molecule has 5 nitrogen and oxygen atoms in total. The van der Waals surface area contributed by atoms with Crippen LogP contribution in [0.3, 0.4) is 0 Å². The third-order valence-electron chi connectivity index (χ3n) is 1.81. The number of carboxylic acids is 1. The number of rotatable bonds is 6. The molecule has 1 rings (SSSR count). The van der Waals surface area contributed by atoms with Crippen LogP contribution >= 0.6 is 0 Å². The molecular formula is C11H13NO4. The molecule has 0 aromatic heterocycles. The van der Waals surface area contributed by atoms with Crippen molar-refractivity contribution < 1.29 is 19.5 Å². The fourth-order valence-corrected chi connectivity index (χ4v) is 1.05. The molecule has 0 atom stereocenters. The van der Waals surface area contributed by atoms with E-state index in [4.69, 9.17) is 14.7 Å². The second-order valence-electron chi connectivity index (χ2n) is 2.95. The van der Waals surface area contributed by atoms with Crippen LogP contribution in [0.15, 0.2) is 29.4 Å². The number of benzene rings is 1. The number of ether oxygens (including phenoxy) is 1. The molecule has 0 aliphatic heterocycles. The van der Waals surface area contributed by atoms with Crippen LogP contribution in [0.2, 0.25) is 0 Å². The first-order valence-electron chi connectivity index (χ1n) is 4.74. The third kappa shape index (κ3) is 4.00. The Hall–Kier alpha value is -2.04. The lowest BCUT2D eigenvalue weighted by Gasteiger charge is -2.02. The number of carbonyl (C=O) groups is 1. The Morgan fingerprint density at radius 1 is 1.50 bits per heavy atom. The van der Waals surface area contributed by atoms with E-state index in [2.05, 4.69) is 5.16 Å². The van der Waals surface area contributed by atoms with E-state index < -0.39 is 5.97 Å². The van der Waals surface area contributed by atoms with E-state index in [-0.39, 0.29) is 13.0 Å². The molecular weight excluding hydrogens is 210 g/mol. The Morgan fingerprint density at radius 2 is 2.25 bits per heavy atom. The lowest BCUT2D eigenvalue weighted by molar-refractivity contribution is -0.138. The largest absolute Gasteiger partial charge is 0.496 e. The van der Waals surface area contributed by atoms with Gasteiger partial charge in [-0.1, -0.05) is 17.3 Å². The molecule has 0 aliphatic rings. The van der Waals surface area contributed by atoms with Gasteiger partial charge in [-0.25, -0.2) is 0 Å². The molecule has 0 bridgehead atoms. The van der Waals surface area contributed by atoms with Gasteiger partial charge in [0.1, 0.15) is 12.4 Å². The fraction of sp³-hybridized carbons (Fsp3) is 0.273. The maximum atomic E-state index is 10.2. The van der Waals surface area contributed by atoms with Gasteiger partial charge in [-0.15, -0.1) is 0 Å². The molecule has 16 heavy (non-hydrogen) atoms. The molecule has 1 aromatic rings. The van der Waals surface area contributed by atoms with Crippen molar-refractivity contribution in [3.8, 4) is 5.75 Å². The van der Waals surface area contributed by atoms with Gasteiger partial charge in [-0.2, -0.15) is 0 Å². The van der Waals surface area contributed by atoms with Crippen LogP contribution in [-0.4, -0.2) is 31.0 Å². The molecule has 0 radical (unpaired) electrons. The highest BCUT2D eigenvalue weighted by Crippen LogP contribution is 2.14. The predicted molar refractivity (Wildman–Crippen MR) is 58.8 cm³/mol. The Morgan fingerprint density at radius 3 is 2.94 bits per heavy atom. The van der Waals surface area contributed by atoms with Crippen molar-refractivity contribution in [2.75, 3.05) is 13.7 Å². The highest BCUT2D eigenvalue weighted by molar-refractivity contribution is 5.83. The summed E-state index contributed by atoms with van der Waals surface area (Å²) in [5.74, 6) is -0.222. The topological polar surface area (TPSA) is 68.1 Å². The number of para-hydroxylation sites is 1. The average Bonchev–Trinajstić information content (AvgIpc) is 2.29. The summed E-state index contributed by atoms with van der Waals surface area (Å²) in [5, 5.41) is 12.0. The molecule has 5 heteroatoms. The Kier molecular flexibility index (Phi) is 4.85. The van der Waals surface area contributed by atoms with Crippen LogP contribution in [0.1, 0.15) is 12.0 Å². The van der Waals surface area contributed by atoms with Gasteiger partial charge in [0.25, 0.3) is 0 Å². The van der Waals surface area contributed by atoms with Crippen LogP contribution in [-0.2, 0) is 9.63 Å². The van der Waals surface area contributed by atoms with Gasteiger partial charge < -0.3 is 14.7 Å². The second-order valence-corrected chi connectivity index (χ2v) is 2.95. The Balaban J connectivity index is 2.46. The van der Waals surface area contributed by atoms with Crippen LogP contribution in [0, 0.1) is 0 Å². The number of hydrogen-bond acceptors (Lipinski definition) is 4. The van der Waals surface area contributed by atoms with Crippen LogP contribution in [0.5, 0.6) is 5.75 Å². The minimum Gasteiger partial charge on any atom is -0.496 e. The smallest absolute Gasteiger partial charge is 0.306 e. The summed E-state index contributed by atoms with van der Waals surface area (Å²) in [6.07, 6.45) is 1.42. The predicted octanol–water partition coefficient (Wildman–Crippen LogP) is 1.52. The van der Waals surface area contributed by atoms with Gasteiger partial charge in [-0.3, -0.25) is 4.79 Å². The normalized spacial score (nSPS) is 10.3. The molecule has 86 valence electrons. The number of nitrogens with zero attached hydrogens (tertiary/aromatic N) is 1. The quantitative estimate of drug-likeness (QED) is 0.451. The zero-order chi connectivity index (χ0) is 11.8. The lowest BCUT2D eigenvalue weighted by atomic mass is 10.2. The summed E-state index contributed by atoms with van der Waals surface area (Å²) in [4.78, 5) is 15.0. The van der Waals surface area contributed by atoms with Gasteiger partial charge in [0.2, 0.25) is 0 Å². The van der Waals surface area contributed by atoms with Crippen molar-refractivity contribution in [2.24, 2.45) is 5.16 Å². The minimum absolute atomic E-state index is 0.0565. The summed E-state index contributed by atoms with van der Waals surface area (Å²) < 4.78 is 5.10.